The van der Waals surface area contributed by atoms with Crippen LogP contribution in [0.25, 0.3) is 11.3 Å². The normalized spacial score (nSPS) is 26.8. The topological polar surface area (TPSA) is 95.7 Å². The molecule has 1 saturated heterocycles. The Morgan fingerprint density at radius 1 is 1.23 bits per heavy atom. The van der Waals surface area contributed by atoms with Crippen molar-refractivity contribution >= 4 is 11.9 Å². The zero-order chi connectivity index (χ0) is 21.4. The molecule has 0 radical (unpaired) electrons. The number of carbonyl (C=O) groups is 2. The number of nitrogens with zero attached hydrogens (tertiary/aromatic N) is 2. The lowest BCUT2D eigenvalue weighted by atomic mass is 9.78. The number of hydrogen-bond donors (Lipinski definition) is 2. The molecular weight excluding hydrogens is 396 g/mol. The second kappa shape index (κ2) is 8.14. The predicted octanol–water partition coefficient (Wildman–Crippen LogP) is 2.92. The van der Waals surface area contributed by atoms with Crippen molar-refractivity contribution in [1.82, 2.24) is 15.4 Å². The number of likely N-dealkylation sites (tertiary alicyclic amines) is 1. The van der Waals surface area contributed by atoms with E-state index in [0.717, 1.165) is 18.9 Å². The van der Waals surface area contributed by atoms with Gasteiger partial charge in [0.1, 0.15) is 11.6 Å². The van der Waals surface area contributed by atoms with Crippen LogP contribution in [-0.2, 0) is 4.79 Å². The van der Waals surface area contributed by atoms with E-state index in [-0.39, 0.29) is 17.0 Å². The second-order valence-electron chi connectivity index (χ2n) is 8.13. The first kappa shape index (κ1) is 20.5. The number of amides is 1. The third-order valence-corrected chi connectivity index (χ3v) is 6.26. The van der Waals surface area contributed by atoms with Crippen LogP contribution in [-0.4, -0.2) is 52.2 Å². The molecule has 1 aromatic carbocycles. The smallest absolute Gasteiger partial charge is 0.309 e. The van der Waals surface area contributed by atoms with Crippen LogP contribution in [0.1, 0.15) is 36.7 Å². The van der Waals surface area contributed by atoms with Gasteiger partial charge in [-0.1, -0.05) is 12.1 Å². The fraction of sp³-hybridized carbons (Fsp3) is 0.476. The largest absolute Gasteiger partial charge is 0.481 e. The van der Waals surface area contributed by atoms with E-state index >= 15 is 0 Å². The highest BCUT2D eigenvalue weighted by atomic mass is 19.1. The number of aromatic nitrogens is 1. The van der Waals surface area contributed by atoms with Crippen LogP contribution in [0.3, 0.4) is 0 Å². The van der Waals surface area contributed by atoms with E-state index in [0.29, 0.717) is 37.5 Å². The van der Waals surface area contributed by atoms with Gasteiger partial charge in [0.25, 0.3) is 5.91 Å². The Morgan fingerprint density at radius 2 is 2.03 bits per heavy atom. The minimum atomic E-state index is -0.953. The van der Waals surface area contributed by atoms with Gasteiger partial charge in [0.2, 0.25) is 0 Å². The molecule has 0 bridgehead atoms. The molecule has 2 heterocycles. The fourth-order valence-electron chi connectivity index (χ4n) is 4.33. The molecule has 2 aliphatic rings. The van der Waals surface area contributed by atoms with Gasteiger partial charge in [-0.05, 0) is 37.3 Å². The molecule has 2 fully saturated rings. The lowest BCUT2D eigenvalue weighted by Gasteiger charge is -2.47. The lowest BCUT2D eigenvalue weighted by Crippen LogP contribution is -2.58. The minimum absolute atomic E-state index is 0.0128. The first-order valence-electron chi connectivity index (χ1n) is 10.0. The van der Waals surface area contributed by atoms with E-state index in [1.165, 1.54) is 12.1 Å². The van der Waals surface area contributed by atoms with E-state index < -0.39 is 35.5 Å². The Kier molecular flexibility index (Phi) is 5.55. The van der Waals surface area contributed by atoms with E-state index in [1.807, 2.05) is 0 Å². The predicted molar refractivity (Wildman–Crippen MR) is 103 cm³/mol. The molecule has 0 spiro atoms. The van der Waals surface area contributed by atoms with Crippen LogP contribution in [0.15, 0.2) is 28.8 Å². The molecule has 160 valence electrons. The summed E-state index contributed by atoms with van der Waals surface area (Å²) in [5.41, 5.74) is -0.109. The Hall–Kier alpha value is -2.81. The summed E-state index contributed by atoms with van der Waals surface area (Å²) in [5, 5.41) is 16.1. The third-order valence-electron chi connectivity index (χ3n) is 6.26. The molecule has 1 amide bonds. The van der Waals surface area contributed by atoms with Gasteiger partial charge in [0.15, 0.2) is 11.5 Å². The quantitative estimate of drug-likeness (QED) is 0.774. The summed E-state index contributed by atoms with van der Waals surface area (Å²) in [6.07, 6.45) is 2.75. The molecular formula is C21H23F2N3O4. The maximum absolute atomic E-state index is 13.9. The summed E-state index contributed by atoms with van der Waals surface area (Å²) in [6, 6.07) is 4.12. The average Bonchev–Trinajstić information content (AvgIpc) is 3.17. The molecule has 7 nitrogen and oxygen atoms in total. The van der Waals surface area contributed by atoms with Crippen molar-refractivity contribution in [3.8, 4) is 11.3 Å². The molecule has 0 unspecified atom stereocenters. The van der Waals surface area contributed by atoms with Gasteiger partial charge < -0.3 is 14.9 Å². The number of carboxylic acid groups (broad SMARTS) is 1. The molecule has 1 aromatic heterocycles. The summed E-state index contributed by atoms with van der Waals surface area (Å²) >= 11 is 0. The Balaban J connectivity index is 1.44. The number of benzene rings is 1. The monoisotopic (exact) mass is 419 g/mol. The number of carbonyl (C=O) groups excluding carboxylic acids is 1. The van der Waals surface area contributed by atoms with Gasteiger partial charge in [-0.3, -0.25) is 14.5 Å². The van der Waals surface area contributed by atoms with Crippen LogP contribution in [0, 0.1) is 23.5 Å². The number of rotatable bonds is 5. The first-order valence-corrected chi connectivity index (χ1v) is 10.0. The Morgan fingerprint density at radius 3 is 2.67 bits per heavy atom. The van der Waals surface area contributed by atoms with Gasteiger partial charge in [0, 0.05) is 37.3 Å². The summed E-state index contributed by atoms with van der Waals surface area (Å²) in [5.74, 6) is -3.28. The van der Waals surface area contributed by atoms with Crippen LogP contribution in [0.2, 0.25) is 0 Å². The number of halogens is 2. The highest BCUT2D eigenvalue weighted by Crippen LogP contribution is 2.34. The molecule has 4 rings (SSSR count). The summed E-state index contributed by atoms with van der Waals surface area (Å²) in [6.45, 7) is 3.28. The number of piperidine rings is 1. The molecule has 4 atom stereocenters. The number of aliphatic carboxylic acids is 1. The van der Waals surface area contributed by atoms with E-state index in [1.54, 1.807) is 0 Å². The summed E-state index contributed by atoms with van der Waals surface area (Å²) in [7, 11) is 0. The lowest BCUT2D eigenvalue weighted by molar-refractivity contribution is -0.145. The molecule has 30 heavy (non-hydrogen) atoms. The molecule has 2 N–H and O–H groups in total. The van der Waals surface area contributed by atoms with Gasteiger partial charge >= 0.3 is 5.97 Å². The minimum Gasteiger partial charge on any atom is -0.481 e. The number of nitrogens with one attached hydrogen (secondary N) is 1. The maximum atomic E-state index is 13.9. The van der Waals surface area contributed by atoms with Crippen molar-refractivity contribution < 1.29 is 28.0 Å². The van der Waals surface area contributed by atoms with Crippen LogP contribution in [0.5, 0.6) is 0 Å². The van der Waals surface area contributed by atoms with Crippen molar-refractivity contribution in [3.63, 3.8) is 0 Å². The highest BCUT2D eigenvalue weighted by Gasteiger charge is 2.41. The zero-order valence-electron chi connectivity index (χ0n) is 16.5. The van der Waals surface area contributed by atoms with Crippen molar-refractivity contribution in [2.45, 2.75) is 38.3 Å². The van der Waals surface area contributed by atoms with Gasteiger partial charge in [-0.15, -0.1) is 0 Å². The van der Waals surface area contributed by atoms with Crippen molar-refractivity contribution in [2.24, 2.45) is 11.8 Å². The first-order chi connectivity index (χ1) is 14.3. The SMILES string of the molecule is C[C@@H]1CC[C@H]1N1CC[C@@H](NC(=O)c2cc(-c3ccc(F)cc3F)on2)[C@H](C(=O)O)C1. The molecule has 1 aliphatic heterocycles. The second-order valence-corrected chi connectivity index (χ2v) is 8.13. The standard InChI is InChI=1S/C21H23F2N3O4/c1-11-2-5-18(11)26-7-6-16(14(10-26)21(28)29)24-20(27)17-9-19(30-25-17)13-4-3-12(22)8-15(13)23/h3-4,8-9,11,14,16,18H,2,5-7,10H2,1H3,(H,24,27)(H,28,29)/t11-,14-,16-,18-/m1/s1. The third kappa shape index (κ3) is 3.94. The van der Waals surface area contributed by atoms with Crippen LogP contribution < -0.4 is 5.32 Å². The van der Waals surface area contributed by atoms with E-state index in [2.05, 4.69) is 22.3 Å². The summed E-state index contributed by atoms with van der Waals surface area (Å²) in [4.78, 5) is 26.6. The molecule has 9 heteroatoms. The Labute approximate surface area is 172 Å². The number of hydrogen-bond acceptors (Lipinski definition) is 5. The average molecular weight is 419 g/mol. The van der Waals surface area contributed by atoms with Gasteiger partial charge in [0.05, 0.1) is 11.5 Å². The summed E-state index contributed by atoms with van der Waals surface area (Å²) < 4.78 is 32.0. The van der Waals surface area contributed by atoms with Crippen LogP contribution >= 0.6 is 0 Å². The van der Waals surface area contributed by atoms with Gasteiger partial charge in [-0.2, -0.15) is 0 Å². The van der Waals surface area contributed by atoms with Crippen LogP contribution in [0.4, 0.5) is 8.78 Å². The fourth-order valence-corrected chi connectivity index (χ4v) is 4.33. The van der Waals surface area contributed by atoms with Crippen molar-refractivity contribution in [2.75, 3.05) is 13.1 Å². The molecule has 1 aliphatic carbocycles. The number of carboxylic acids is 1. The zero-order valence-corrected chi connectivity index (χ0v) is 16.5. The Bertz CT molecular complexity index is 963. The van der Waals surface area contributed by atoms with Gasteiger partial charge in [-0.25, -0.2) is 8.78 Å². The highest BCUT2D eigenvalue weighted by molar-refractivity contribution is 5.93. The van der Waals surface area contributed by atoms with Crippen molar-refractivity contribution in [3.05, 3.63) is 41.6 Å². The van der Waals surface area contributed by atoms with E-state index in [4.69, 9.17) is 4.52 Å². The molecule has 2 aromatic rings. The maximum Gasteiger partial charge on any atom is 0.309 e. The molecule has 1 saturated carbocycles. The van der Waals surface area contributed by atoms with Crippen molar-refractivity contribution in [1.29, 1.82) is 0 Å². The van der Waals surface area contributed by atoms with E-state index in [9.17, 15) is 23.5 Å².